The fourth-order valence-electron chi connectivity index (χ4n) is 3.56. The van der Waals surface area contributed by atoms with Crippen LogP contribution in [0.15, 0.2) is 23.2 Å². The molecule has 0 atom stereocenters. The van der Waals surface area contributed by atoms with E-state index in [2.05, 4.69) is 20.1 Å². The molecule has 1 aromatic carbocycles. The van der Waals surface area contributed by atoms with E-state index < -0.39 is 0 Å². The van der Waals surface area contributed by atoms with Crippen LogP contribution < -0.4 is 10.1 Å². The first kappa shape index (κ1) is 21.2. The second kappa shape index (κ2) is 10.3. The standard InChI is InChI=1S/C20H31N5O4/c1-21-20(22-14-16-13-17(28-2)3-4-18(16)26)25-7-5-23(6-8-25)15-19(27)24-9-11-29-12-10-24/h3-4,13,26H,5-12,14-15H2,1-2H3,(H,21,22). The van der Waals surface area contributed by atoms with Crippen molar-refractivity contribution >= 4 is 11.9 Å². The number of piperazine rings is 1. The van der Waals surface area contributed by atoms with Crippen molar-refractivity contribution in [3.8, 4) is 11.5 Å². The predicted octanol–water partition coefficient (Wildman–Crippen LogP) is -0.0474. The first-order chi connectivity index (χ1) is 14.1. The Morgan fingerprint density at radius 1 is 1.17 bits per heavy atom. The number of morpholine rings is 1. The lowest BCUT2D eigenvalue weighted by atomic mass is 10.2. The molecule has 0 aliphatic carbocycles. The van der Waals surface area contributed by atoms with Crippen molar-refractivity contribution in [3.63, 3.8) is 0 Å². The topological polar surface area (TPSA) is 89.9 Å². The number of benzene rings is 1. The highest BCUT2D eigenvalue weighted by molar-refractivity contribution is 5.80. The van der Waals surface area contributed by atoms with Crippen molar-refractivity contribution in [3.05, 3.63) is 23.8 Å². The summed E-state index contributed by atoms with van der Waals surface area (Å²) in [4.78, 5) is 23.0. The number of nitrogens with one attached hydrogen (secondary N) is 1. The molecule has 2 aliphatic rings. The van der Waals surface area contributed by atoms with Crippen LogP contribution in [0.3, 0.4) is 0 Å². The highest BCUT2D eigenvalue weighted by Crippen LogP contribution is 2.22. The maximum Gasteiger partial charge on any atom is 0.236 e. The number of hydrogen-bond donors (Lipinski definition) is 2. The molecule has 3 rings (SSSR count). The molecule has 2 N–H and O–H groups in total. The fourth-order valence-corrected chi connectivity index (χ4v) is 3.56. The minimum Gasteiger partial charge on any atom is -0.508 e. The van der Waals surface area contributed by atoms with Gasteiger partial charge in [-0.25, -0.2) is 0 Å². The van der Waals surface area contributed by atoms with Crippen LogP contribution >= 0.6 is 0 Å². The molecule has 0 saturated carbocycles. The molecule has 2 saturated heterocycles. The summed E-state index contributed by atoms with van der Waals surface area (Å²) >= 11 is 0. The third-order valence-corrected chi connectivity index (χ3v) is 5.33. The molecule has 29 heavy (non-hydrogen) atoms. The maximum absolute atomic E-state index is 12.4. The number of carbonyl (C=O) groups is 1. The molecule has 1 amide bonds. The first-order valence-electron chi connectivity index (χ1n) is 10.00. The lowest BCUT2D eigenvalue weighted by Crippen LogP contribution is -2.54. The molecule has 1 aromatic rings. The number of amides is 1. The molecule has 160 valence electrons. The third-order valence-electron chi connectivity index (χ3n) is 5.33. The van der Waals surface area contributed by atoms with Gasteiger partial charge in [0.2, 0.25) is 5.91 Å². The number of ether oxygens (including phenoxy) is 2. The van der Waals surface area contributed by atoms with Crippen molar-refractivity contribution in [2.24, 2.45) is 4.99 Å². The maximum atomic E-state index is 12.4. The van der Waals surface area contributed by atoms with Gasteiger partial charge in [-0.3, -0.25) is 14.7 Å². The largest absolute Gasteiger partial charge is 0.508 e. The van der Waals surface area contributed by atoms with Gasteiger partial charge in [-0.15, -0.1) is 0 Å². The highest BCUT2D eigenvalue weighted by atomic mass is 16.5. The summed E-state index contributed by atoms with van der Waals surface area (Å²) in [5, 5.41) is 13.4. The second-order valence-electron chi connectivity index (χ2n) is 7.15. The third kappa shape index (κ3) is 5.74. The number of nitrogens with zero attached hydrogens (tertiary/aromatic N) is 4. The molecule has 0 radical (unpaired) electrons. The van der Waals surface area contributed by atoms with Gasteiger partial charge in [-0.1, -0.05) is 0 Å². The Hall–Kier alpha value is -2.52. The quantitative estimate of drug-likeness (QED) is 0.525. The van der Waals surface area contributed by atoms with Crippen molar-refractivity contribution in [2.75, 3.05) is 73.2 Å². The summed E-state index contributed by atoms with van der Waals surface area (Å²) in [5.74, 6) is 1.89. The smallest absolute Gasteiger partial charge is 0.236 e. The number of aromatic hydroxyl groups is 1. The zero-order valence-corrected chi connectivity index (χ0v) is 17.3. The van der Waals surface area contributed by atoms with Gasteiger partial charge in [-0.2, -0.15) is 0 Å². The molecule has 0 bridgehead atoms. The molecule has 0 spiro atoms. The number of hydrogen-bond acceptors (Lipinski definition) is 6. The molecule has 2 heterocycles. The van der Waals surface area contributed by atoms with E-state index in [4.69, 9.17) is 9.47 Å². The van der Waals surface area contributed by atoms with Gasteiger partial charge in [0.15, 0.2) is 5.96 Å². The fraction of sp³-hybridized carbons (Fsp3) is 0.600. The Bertz CT molecular complexity index is 713. The Labute approximate surface area is 171 Å². The van der Waals surface area contributed by atoms with Crippen LogP contribution in [0.25, 0.3) is 0 Å². The molecule has 0 aromatic heterocycles. The minimum atomic E-state index is 0.178. The van der Waals surface area contributed by atoms with Gasteiger partial charge < -0.3 is 29.7 Å². The number of carbonyl (C=O) groups excluding carboxylic acids is 1. The second-order valence-corrected chi connectivity index (χ2v) is 7.15. The Morgan fingerprint density at radius 3 is 2.55 bits per heavy atom. The molecular formula is C20H31N5O4. The van der Waals surface area contributed by atoms with Crippen LogP contribution in [0, 0.1) is 0 Å². The number of methoxy groups -OCH3 is 1. The Kier molecular flexibility index (Phi) is 7.54. The number of phenols is 1. The van der Waals surface area contributed by atoms with E-state index in [1.54, 1.807) is 26.3 Å². The summed E-state index contributed by atoms with van der Waals surface area (Å²) in [6.45, 7) is 6.74. The number of aliphatic imine (C=N–C) groups is 1. The normalized spacial score (nSPS) is 18.6. The van der Waals surface area contributed by atoms with Gasteiger partial charge in [0.25, 0.3) is 0 Å². The molecule has 9 nitrogen and oxygen atoms in total. The minimum absolute atomic E-state index is 0.178. The van der Waals surface area contributed by atoms with E-state index in [0.29, 0.717) is 45.1 Å². The summed E-state index contributed by atoms with van der Waals surface area (Å²) < 4.78 is 10.5. The molecule has 2 fully saturated rings. The monoisotopic (exact) mass is 405 g/mol. The number of guanidine groups is 1. The SMILES string of the molecule is CN=C(NCc1cc(OC)ccc1O)N1CCN(CC(=O)N2CCOCC2)CC1. The van der Waals surface area contributed by atoms with Crippen molar-refractivity contribution in [2.45, 2.75) is 6.54 Å². The lowest BCUT2D eigenvalue weighted by Gasteiger charge is -2.37. The van der Waals surface area contributed by atoms with Crippen LogP contribution in [0.4, 0.5) is 0 Å². The van der Waals surface area contributed by atoms with Gasteiger partial charge >= 0.3 is 0 Å². The van der Waals surface area contributed by atoms with Crippen LogP contribution in [0.2, 0.25) is 0 Å². The van der Waals surface area contributed by atoms with Crippen LogP contribution in [0.5, 0.6) is 11.5 Å². The lowest BCUT2D eigenvalue weighted by molar-refractivity contribution is -0.136. The Balaban J connectivity index is 1.47. The van der Waals surface area contributed by atoms with Gasteiger partial charge in [0.05, 0.1) is 26.9 Å². The van der Waals surface area contributed by atoms with Crippen molar-refractivity contribution < 1.29 is 19.4 Å². The first-order valence-corrected chi connectivity index (χ1v) is 10.00. The van der Waals surface area contributed by atoms with E-state index >= 15 is 0 Å². The molecular weight excluding hydrogens is 374 g/mol. The molecule has 0 unspecified atom stereocenters. The van der Waals surface area contributed by atoms with Crippen LogP contribution in [0.1, 0.15) is 5.56 Å². The molecule has 9 heteroatoms. The number of phenolic OH excluding ortho intramolecular Hbond substituents is 1. The van der Waals surface area contributed by atoms with Gasteiger partial charge in [0, 0.05) is 58.4 Å². The Morgan fingerprint density at radius 2 is 1.90 bits per heavy atom. The van der Waals surface area contributed by atoms with E-state index in [-0.39, 0.29) is 11.7 Å². The van der Waals surface area contributed by atoms with E-state index in [1.165, 1.54) is 0 Å². The average molecular weight is 405 g/mol. The zero-order chi connectivity index (χ0) is 20.6. The summed E-state index contributed by atoms with van der Waals surface area (Å²) in [7, 11) is 3.36. The molecule has 2 aliphatic heterocycles. The highest BCUT2D eigenvalue weighted by Gasteiger charge is 2.24. The van der Waals surface area contributed by atoms with Gasteiger partial charge in [-0.05, 0) is 18.2 Å². The van der Waals surface area contributed by atoms with E-state index in [0.717, 1.165) is 37.7 Å². The average Bonchev–Trinajstić information content (AvgIpc) is 2.77. The van der Waals surface area contributed by atoms with E-state index in [9.17, 15) is 9.90 Å². The number of rotatable bonds is 5. The zero-order valence-electron chi connectivity index (χ0n) is 17.3. The summed E-state index contributed by atoms with van der Waals surface area (Å²) in [6, 6.07) is 5.17. The van der Waals surface area contributed by atoms with E-state index in [1.807, 2.05) is 11.0 Å². The van der Waals surface area contributed by atoms with Gasteiger partial charge in [0.1, 0.15) is 11.5 Å². The van der Waals surface area contributed by atoms with Crippen molar-refractivity contribution in [1.82, 2.24) is 20.0 Å². The van der Waals surface area contributed by atoms with Crippen LogP contribution in [-0.2, 0) is 16.1 Å². The predicted molar refractivity (Wildman–Crippen MR) is 110 cm³/mol. The van der Waals surface area contributed by atoms with Crippen LogP contribution in [-0.4, -0.2) is 105 Å². The summed E-state index contributed by atoms with van der Waals surface area (Å²) in [5.41, 5.74) is 0.750. The van der Waals surface area contributed by atoms with Crippen molar-refractivity contribution in [1.29, 1.82) is 0 Å². The summed E-state index contributed by atoms with van der Waals surface area (Å²) in [6.07, 6.45) is 0.